The highest BCUT2D eigenvalue weighted by atomic mass is 32.2. The molecule has 0 heterocycles. The molecule has 0 amide bonds. The predicted molar refractivity (Wildman–Crippen MR) is 101 cm³/mol. The number of rotatable bonds is 4. The van der Waals surface area contributed by atoms with Crippen LogP contribution in [0.3, 0.4) is 0 Å². The van der Waals surface area contributed by atoms with Crippen LogP contribution in [-0.4, -0.2) is 0 Å². The average molecular weight is 334 g/mol. The van der Waals surface area contributed by atoms with Gasteiger partial charge in [-0.2, -0.15) is 0 Å². The van der Waals surface area contributed by atoms with Crippen LogP contribution in [0.5, 0.6) is 0 Å². The molecule has 0 saturated carbocycles. The fourth-order valence-electron chi connectivity index (χ4n) is 2.63. The van der Waals surface area contributed by atoms with Gasteiger partial charge in [-0.15, -0.1) is 0 Å². The Balaban J connectivity index is 1.55. The van der Waals surface area contributed by atoms with E-state index in [9.17, 15) is 0 Å². The summed E-state index contributed by atoms with van der Waals surface area (Å²) in [7, 11) is 0. The van der Waals surface area contributed by atoms with Gasteiger partial charge in [0.05, 0.1) is 0 Å². The topological polar surface area (TPSA) is 9.23 Å². The molecule has 0 aromatic heterocycles. The molecule has 3 heteroatoms. The molecule has 0 aliphatic heterocycles. The van der Waals surface area contributed by atoms with E-state index in [4.69, 9.17) is 3.63 Å². The first-order valence-corrected chi connectivity index (χ1v) is 8.87. The summed E-state index contributed by atoms with van der Waals surface area (Å²) < 4.78 is 5.86. The quantitative estimate of drug-likeness (QED) is 0.383. The van der Waals surface area contributed by atoms with Crippen LogP contribution in [0, 0.1) is 0 Å². The smallest absolute Gasteiger partial charge is 0.0454 e. The third-order valence-corrected chi connectivity index (χ3v) is 5.36. The lowest BCUT2D eigenvalue weighted by atomic mass is 10.1. The number of benzene rings is 4. The fourth-order valence-corrected chi connectivity index (χ4v) is 4.17. The van der Waals surface area contributed by atoms with Crippen molar-refractivity contribution in [2.45, 2.75) is 9.79 Å². The Labute approximate surface area is 144 Å². The van der Waals surface area contributed by atoms with Crippen LogP contribution in [0.25, 0.3) is 21.5 Å². The molecule has 0 unspecified atom stereocenters. The Morgan fingerprint density at radius 3 is 1.43 bits per heavy atom. The van der Waals surface area contributed by atoms with Gasteiger partial charge in [-0.25, -0.2) is 3.63 Å². The maximum absolute atomic E-state index is 5.86. The molecule has 4 rings (SSSR count). The SMILES string of the molecule is c1ccc2c(SOSc3cccc4ccccc34)cccc2c1. The van der Waals surface area contributed by atoms with E-state index in [2.05, 4.69) is 84.9 Å². The van der Waals surface area contributed by atoms with Gasteiger partial charge in [-0.05, 0) is 33.7 Å². The van der Waals surface area contributed by atoms with Crippen molar-refractivity contribution in [2.75, 3.05) is 0 Å². The molecule has 23 heavy (non-hydrogen) atoms. The molecule has 0 spiro atoms. The van der Waals surface area contributed by atoms with Gasteiger partial charge >= 0.3 is 0 Å². The van der Waals surface area contributed by atoms with Crippen molar-refractivity contribution in [3.8, 4) is 0 Å². The van der Waals surface area contributed by atoms with Gasteiger partial charge < -0.3 is 0 Å². The minimum absolute atomic E-state index is 1.14. The highest BCUT2D eigenvalue weighted by Crippen LogP contribution is 2.36. The van der Waals surface area contributed by atoms with E-state index in [1.165, 1.54) is 45.6 Å². The monoisotopic (exact) mass is 334 g/mol. The molecule has 0 aliphatic carbocycles. The lowest BCUT2D eigenvalue weighted by Gasteiger charge is -2.07. The number of hydrogen-bond acceptors (Lipinski definition) is 3. The second-order valence-corrected chi connectivity index (χ2v) is 6.95. The fraction of sp³-hybridized carbons (Fsp3) is 0. The highest BCUT2D eigenvalue weighted by molar-refractivity contribution is 8.08. The summed E-state index contributed by atoms with van der Waals surface area (Å²) in [6, 6.07) is 29.3. The van der Waals surface area contributed by atoms with E-state index in [0.29, 0.717) is 0 Å². The zero-order chi connectivity index (χ0) is 15.5. The highest BCUT2D eigenvalue weighted by Gasteiger charge is 2.05. The number of hydrogen-bond donors (Lipinski definition) is 0. The third-order valence-electron chi connectivity index (χ3n) is 3.75. The lowest BCUT2D eigenvalue weighted by Crippen LogP contribution is -1.79. The Hall–Kier alpha value is -1.94. The van der Waals surface area contributed by atoms with E-state index in [1.807, 2.05) is 0 Å². The second-order valence-electron chi connectivity index (χ2n) is 5.19. The maximum atomic E-state index is 5.86. The largest absolute Gasteiger partial charge is 0.237 e. The van der Waals surface area contributed by atoms with Crippen LogP contribution >= 0.6 is 24.1 Å². The first-order chi connectivity index (χ1) is 11.4. The summed E-state index contributed by atoms with van der Waals surface area (Å²) in [6.45, 7) is 0. The van der Waals surface area contributed by atoms with Crippen LogP contribution in [0.15, 0.2) is 94.7 Å². The van der Waals surface area contributed by atoms with Gasteiger partial charge in [0.15, 0.2) is 0 Å². The standard InChI is InChI=1S/C20H14OS2/c1-3-11-17-15(7-1)9-5-13-19(17)22-21-23-20-14-6-10-16-8-2-4-12-18(16)20/h1-14H. The van der Waals surface area contributed by atoms with Gasteiger partial charge in [0.25, 0.3) is 0 Å². The zero-order valence-corrected chi connectivity index (χ0v) is 13.9. The van der Waals surface area contributed by atoms with Crippen LogP contribution in [-0.2, 0) is 3.63 Å². The van der Waals surface area contributed by atoms with Crippen molar-refractivity contribution < 1.29 is 3.63 Å². The maximum Gasteiger partial charge on any atom is 0.0454 e. The Morgan fingerprint density at radius 1 is 0.478 bits per heavy atom. The first kappa shape index (κ1) is 14.6. The van der Waals surface area contributed by atoms with Gasteiger partial charge in [-0.1, -0.05) is 72.8 Å². The Kier molecular flexibility index (Phi) is 4.24. The normalized spacial score (nSPS) is 11.1. The molecule has 0 N–H and O–H groups in total. The molecule has 0 radical (unpaired) electrons. The van der Waals surface area contributed by atoms with Crippen molar-refractivity contribution in [1.29, 1.82) is 0 Å². The van der Waals surface area contributed by atoms with Gasteiger partial charge in [0.1, 0.15) is 0 Å². The van der Waals surface area contributed by atoms with Crippen molar-refractivity contribution in [3.05, 3.63) is 84.9 Å². The third kappa shape index (κ3) is 3.08. The molecule has 112 valence electrons. The van der Waals surface area contributed by atoms with Gasteiger partial charge in [-0.3, -0.25) is 0 Å². The molecule has 0 aliphatic rings. The minimum atomic E-state index is 1.14. The number of fused-ring (bicyclic) bond motifs is 2. The van der Waals surface area contributed by atoms with Crippen LogP contribution in [0.2, 0.25) is 0 Å². The van der Waals surface area contributed by atoms with E-state index in [0.717, 1.165) is 9.79 Å². The molecular weight excluding hydrogens is 320 g/mol. The predicted octanol–water partition coefficient (Wildman–Crippen LogP) is 6.72. The van der Waals surface area contributed by atoms with E-state index < -0.39 is 0 Å². The van der Waals surface area contributed by atoms with Crippen LogP contribution in [0.1, 0.15) is 0 Å². The van der Waals surface area contributed by atoms with Gasteiger partial charge in [0.2, 0.25) is 0 Å². The summed E-state index contributed by atoms with van der Waals surface area (Å²) >= 11 is 2.83. The van der Waals surface area contributed by atoms with E-state index >= 15 is 0 Å². The average Bonchev–Trinajstić information content (AvgIpc) is 2.62. The molecule has 4 aromatic carbocycles. The molecule has 0 bridgehead atoms. The summed E-state index contributed by atoms with van der Waals surface area (Å²) in [5, 5.41) is 4.91. The van der Waals surface area contributed by atoms with Crippen molar-refractivity contribution in [3.63, 3.8) is 0 Å². The lowest BCUT2D eigenvalue weighted by molar-refractivity contribution is 0.759. The first-order valence-electron chi connectivity index (χ1n) is 7.38. The molecule has 4 aromatic rings. The van der Waals surface area contributed by atoms with Crippen molar-refractivity contribution >= 4 is 45.6 Å². The Morgan fingerprint density at radius 2 is 0.913 bits per heavy atom. The minimum Gasteiger partial charge on any atom is -0.237 e. The van der Waals surface area contributed by atoms with E-state index in [1.54, 1.807) is 0 Å². The molecule has 0 fully saturated rings. The second kappa shape index (κ2) is 6.67. The summed E-state index contributed by atoms with van der Waals surface area (Å²) in [5.74, 6) is 0. The van der Waals surface area contributed by atoms with Crippen LogP contribution in [0.4, 0.5) is 0 Å². The van der Waals surface area contributed by atoms with Gasteiger partial charge in [0, 0.05) is 33.9 Å². The van der Waals surface area contributed by atoms with E-state index in [-0.39, 0.29) is 0 Å². The zero-order valence-electron chi connectivity index (χ0n) is 12.3. The molecule has 0 atom stereocenters. The Bertz CT molecular complexity index is 876. The van der Waals surface area contributed by atoms with Crippen LogP contribution < -0.4 is 0 Å². The summed E-state index contributed by atoms with van der Waals surface area (Å²) in [6.07, 6.45) is 0. The summed E-state index contributed by atoms with van der Waals surface area (Å²) in [4.78, 5) is 2.27. The summed E-state index contributed by atoms with van der Waals surface area (Å²) in [5.41, 5.74) is 0. The molecule has 1 nitrogen and oxygen atoms in total. The van der Waals surface area contributed by atoms with Crippen molar-refractivity contribution in [2.24, 2.45) is 0 Å². The molecular formula is C20H14OS2. The van der Waals surface area contributed by atoms with Crippen molar-refractivity contribution in [1.82, 2.24) is 0 Å². The molecule has 0 saturated heterocycles.